The Morgan fingerprint density at radius 3 is 2.24 bits per heavy atom. The van der Waals surface area contributed by atoms with Crippen LogP contribution >= 0.6 is 0 Å². The summed E-state index contributed by atoms with van der Waals surface area (Å²) in [7, 11) is 0. The lowest BCUT2D eigenvalue weighted by Gasteiger charge is -2.03. The molecule has 0 fully saturated rings. The van der Waals surface area contributed by atoms with Crippen LogP contribution in [0.2, 0.25) is 0 Å². The molecule has 0 aliphatic heterocycles. The smallest absolute Gasteiger partial charge is 0.219 e. The molecule has 0 saturated carbocycles. The van der Waals surface area contributed by atoms with Gasteiger partial charge in [0.1, 0.15) is 0 Å². The van der Waals surface area contributed by atoms with Crippen LogP contribution in [0.4, 0.5) is 5.95 Å². The molecule has 0 aliphatic carbocycles. The van der Waals surface area contributed by atoms with Gasteiger partial charge >= 0.3 is 0 Å². The lowest BCUT2D eigenvalue weighted by Crippen LogP contribution is -1.93. The maximum atomic E-state index is 5.46. The summed E-state index contributed by atoms with van der Waals surface area (Å²) in [5.74, 6) is 0.313. The van der Waals surface area contributed by atoms with Crippen LogP contribution in [0.15, 0.2) is 36.7 Å². The largest absolute Gasteiger partial charge is 0.368 e. The summed E-state index contributed by atoms with van der Waals surface area (Å²) in [6, 6.07) is 8.56. The summed E-state index contributed by atoms with van der Waals surface area (Å²) in [6.07, 6.45) is 7.12. The number of anilines is 1. The highest BCUT2D eigenvalue weighted by atomic mass is 15.0. The number of nitrogens with two attached hydrogens (primary N) is 1. The molecule has 88 valence electrons. The van der Waals surface area contributed by atoms with E-state index in [0.717, 1.165) is 17.5 Å². The number of rotatable bonds is 4. The minimum atomic E-state index is 0.313. The monoisotopic (exact) mass is 227 g/mol. The first-order valence-electron chi connectivity index (χ1n) is 5.96. The van der Waals surface area contributed by atoms with E-state index in [1.807, 2.05) is 0 Å². The molecule has 0 unspecified atom stereocenters. The number of hydrogen-bond acceptors (Lipinski definition) is 3. The Morgan fingerprint density at radius 2 is 1.65 bits per heavy atom. The predicted octanol–water partition coefficient (Wildman–Crippen LogP) is 3.07. The maximum Gasteiger partial charge on any atom is 0.219 e. The average Bonchev–Trinajstić information content (AvgIpc) is 2.38. The molecule has 0 spiro atoms. The van der Waals surface area contributed by atoms with Gasteiger partial charge in [-0.1, -0.05) is 37.6 Å². The van der Waals surface area contributed by atoms with Crippen molar-refractivity contribution in [3.63, 3.8) is 0 Å². The van der Waals surface area contributed by atoms with E-state index in [1.165, 1.54) is 18.4 Å². The van der Waals surface area contributed by atoms with Crippen LogP contribution in [0.5, 0.6) is 0 Å². The van der Waals surface area contributed by atoms with Crippen molar-refractivity contribution in [3.05, 3.63) is 42.2 Å². The molecule has 2 rings (SSSR count). The van der Waals surface area contributed by atoms with Crippen LogP contribution in [-0.2, 0) is 6.42 Å². The summed E-state index contributed by atoms with van der Waals surface area (Å²) < 4.78 is 0. The lowest BCUT2D eigenvalue weighted by molar-refractivity contribution is 0.795. The SMILES string of the molecule is CCCCc1ccc(-c2cnc(N)nc2)cc1. The molecule has 2 aromatic rings. The van der Waals surface area contributed by atoms with Gasteiger partial charge in [0.25, 0.3) is 0 Å². The average molecular weight is 227 g/mol. The molecule has 0 radical (unpaired) electrons. The van der Waals surface area contributed by atoms with E-state index in [-0.39, 0.29) is 0 Å². The van der Waals surface area contributed by atoms with Crippen LogP contribution in [0, 0.1) is 0 Å². The number of benzene rings is 1. The van der Waals surface area contributed by atoms with Crippen LogP contribution in [0.25, 0.3) is 11.1 Å². The minimum absolute atomic E-state index is 0.313. The van der Waals surface area contributed by atoms with Crippen molar-refractivity contribution in [2.45, 2.75) is 26.2 Å². The Balaban J connectivity index is 2.14. The third kappa shape index (κ3) is 3.03. The molecule has 0 atom stereocenters. The van der Waals surface area contributed by atoms with Gasteiger partial charge in [-0.15, -0.1) is 0 Å². The van der Waals surface area contributed by atoms with Gasteiger partial charge < -0.3 is 5.73 Å². The predicted molar refractivity (Wildman–Crippen MR) is 70.5 cm³/mol. The Kier molecular flexibility index (Phi) is 3.70. The number of unbranched alkanes of at least 4 members (excludes halogenated alkanes) is 1. The van der Waals surface area contributed by atoms with Gasteiger partial charge in [0.05, 0.1) is 0 Å². The second-order valence-corrected chi connectivity index (χ2v) is 4.13. The first kappa shape index (κ1) is 11.6. The molecule has 1 aromatic carbocycles. The van der Waals surface area contributed by atoms with Gasteiger partial charge in [0.2, 0.25) is 5.95 Å². The van der Waals surface area contributed by atoms with E-state index in [0.29, 0.717) is 5.95 Å². The summed E-state index contributed by atoms with van der Waals surface area (Å²) in [5.41, 5.74) is 8.97. The first-order valence-corrected chi connectivity index (χ1v) is 5.96. The number of nitrogen functional groups attached to an aromatic ring is 1. The normalized spacial score (nSPS) is 10.4. The number of aryl methyl sites for hydroxylation is 1. The molecule has 17 heavy (non-hydrogen) atoms. The summed E-state index contributed by atoms with van der Waals surface area (Å²) in [5, 5.41) is 0. The molecular formula is C14H17N3. The van der Waals surface area contributed by atoms with Gasteiger partial charge in [-0.3, -0.25) is 0 Å². The van der Waals surface area contributed by atoms with E-state index >= 15 is 0 Å². The summed E-state index contributed by atoms with van der Waals surface area (Å²) in [6.45, 7) is 2.21. The highest BCUT2D eigenvalue weighted by Gasteiger charge is 1.99. The topological polar surface area (TPSA) is 51.8 Å². The zero-order valence-corrected chi connectivity index (χ0v) is 10.1. The summed E-state index contributed by atoms with van der Waals surface area (Å²) >= 11 is 0. The van der Waals surface area contributed by atoms with Crippen LogP contribution in [0.1, 0.15) is 25.3 Å². The molecule has 3 nitrogen and oxygen atoms in total. The molecule has 0 amide bonds. The highest BCUT2D eigenvalue weighted by Crippen LogP contribution is 2.19. The van der Waals surface area contributed by atoms with Crippen LogP contribution in [0.3, 0.4) is 0 Å². The Hall–Kier alpha value is -1.90. The standard InChI is InChI=1S/C14H17N3/c1-2-3-4-11-5-7-12(8-6-11)13-9-16-14(15)17-10-13/h5-10H,2-4H2,1H3,(H2,15,16,17). The van der Waals surface area contributed by atoms with Crippen molar-refractivity contribution in [2.75, 3.05) is 5.73 Å². The van der Waals surface area contributed by atoms with E-state index in [9.17, 15) is 0 Å². The van der Waals surface area contributed by atoms with Gasteiger partial charge in [0.15, 0.2) is 0 Å². The van der Waals surface area contributed by atoms with Gasteiger partial charge in [-0.2, -0.15) is 0 Å². The fourth-order valence-corrected chi connectivity index (χ4v) is 1.73. The van der Waals surface area contributed by atoms with E-state index in [4.69, 9.17) is 5.73 Å². The van der Waals surface area contributed by atoms with E-state index in [1.54, 1.807) is 12.4 Å². The molecule has 3 heteroatoms. The fourth-order valence-electron chi connectivity index (χ4n) is 1.73. The molecular weight excluding hydrogens is 210 g/mol. The third-order valence-electron chi connectivity index (χ3n) is 2.78. The molecule has 0 bridgehead atoms. The second-order valence-electron chi connectivity index (χ2n) is 4.13. The molecule has 1 heterocycles. The zero-order valence-electron chi connectivity index (χ0n) is 10.1. The fraction of sp³-hybridized carbons (Fsp3) is 0.286. The second kappa shape index (κ2) is 5.43. The van der Waals surface area contributed by atoms with Crippen molar-refractivity contribution in [1.29, 1.82) is 0 Å². The van der Waals surface area contributed by atoms with Crippen molar-refractivity contribution in [3.8, 4) is 11.1 Å². The summed E-state index contributed by atoms with van der Waals surface area (Å²) in [4.78, 5) is 7.99. The van der Waals surface area contributed by atoms with Gasteiger partial charge in [-0.25, -0.2) is 9.97 Å². The van der Waals surface area contributed by atoms with Crippen LogP contribution < -0.4 is 5.73 Å². The first-order chi connectivity index (χ1) is 8.29. The van der Waals surface area contributed by atoms with Crippen molar-refractivity contribution in [1.82, 2.24) is 9.97 Å². The van der Waals surface area contributed by atoms with Crippen molar-refractivity contribution < 1.29 is 0 Å². The Labute approximate surface area is 102 Å². The molecule has 0 saturated heterocycles. The quantitative estimate of drug-likeness (QED) is 0.873. The minimum Gasteiger partial charge on any atom is -0.368 e. The maximum absolute atomic E-state index is 5.46. The number of aromatic nitrogens is 2. The van der Waals surface area contributed by atoms with Crippen molar-refractivity contribution in [2.24, 2.45) is 0 Å². The van der Waals surface area contributed by atoms with E-state index in [2.05, 4.69) is 41.2 Å². The highest BCUT2D eigenvalue weighted by molar-refractivity contribution is 5.62. The molecule has 0 aliphatic rings. The number of hydrogen-bond donors (Lipinski definition) is 1. The Bertz CT molecular complexity index is 460. The van der Waals surface area contributed by atoms with Gasteiger partial charge in [-0.05, 0) is 24.0 Å². The van der Waals surface area contributed by atoms with E-state index < -0.39 is 0 Å². The molecule has 1 aromatic heterocycles. The lowest BCUT2D eigenvalue weighted by atomic mass is 10.0. The number of nitrogens with zero attached hydrogens (tertiary/aromatic N) is 2. The van der Waals surface area contributed by atoms with Crippen LogP contribution in [-0.4, -0.2) is 9.97 Å². The van der Waals surface area contributed by atoms with Crippen molar-refractivity contribution >= 4 is 5.95 Å². The third-order valence-corrected chi connectivity index (χ3v) is 2.78. The molecule has 2 N–H and O–H groups in total. The van der Waals surface area contributed by atoms with Gasteiger partial charge in [0, 0.05) is 18.0 Å². The Morgan fingerprint density at radius 1 is 1.00 bits per heavy atom. The zero-order chi connectivity index (χ0) is 12.1.